The van der Waals surface area contributed by atoms with E-state index in [1.165, 1.54) is 6.07 Å². The smallest absolute Gasteiger partial charge is 0.336 e. The van der Waals surface area contributed by atoms with E-state index in [4.69, 9.17) is 32.5 Å². The molecule has 4 aromatic rings. The number of aryl methyl sites for hydroxylation is 1. The molecule has 1 aliphatic heterocycles. The summed E-state index contributed by atoms with van der Waals surface area (Å²) >= 11 is 13.1. The van der Waals surface area contributed by atoms with Crippen molar-refractivity contribution in [3.05, 3.63) is 92.8 Å². The van der Waals surface area contributed by atoms with Crippen LogP contribution < -0.4 is 14.6 Å². The first kappa shape index (κ1) is 25.7. The van der Waals surface area contributed by atoms with Crippen LogP contribution in [0.25, 0.3) is 11.3 Å². The number of aromatic nitrogens is 2. The van der Waals surface area contributed by atoms with Crippen LogP contribution in [-0.4, -0.2) is 34.4 Å². The fourth-order valence-electron chi connectivity index (χ4n) is 5.07. The Morgan fingerprint density at radius 2 is 1.97 bits per heavy atom. The maximum atomic E-state index is 11.3. The normalized spacial score (nSPS) is 16.2. The van der Waals surface area contributed by atoms with Crippen molar-refractivity contribution in [2.75, 3.05) is 18.0 Å². The number of anilines is 1. The van der Waals surface area contributed by atoms with Crippen molar-refractivity contribution in [1.29, 1.82) is 0 Å². The number of carboxylic acids is 1. The third-order valence-electron chi connectivity index (χ3n) is 7.33. The molecule has 2 fully saturated rings. The van der Waals surface area contributed by atoms with Crippen molar-refractivity contribution in [3.63, 3.8) is 0 Å². The van der Waals surface area contributed by atoms with Gasteiger partial charge >= 0.3 is 5.97 Å². The lowest BCUT2D eigenvalue weighted by atomic mass is 9.86. The number of halogens is 2. The van der Waals surface area contributed by atoms with Crippen LogP contribution >= 0.6 is 23.2 Å². The van der Waals surface area contributed by atoms with Crippen molar-refractivity contribution in [3.8, 4) is 17.0 Å². The number of rotatable bonds is 8. The molecule has 0 amide bonds. The lowest BCUT2D eigenvalue weighted by molar-refractivity contribution is -0.366. The second-order valence-corrected chi connectivity index (χ2v) is 11.0. The molecule has 0 radical (unpaired) electrons. The monoisotopic (exact) mass is 566 g/mol. The van der Waals surface area contributed by atoms with Gasteiger partial charge in [-0.3, -0.25) is 4.90 Å². The van der Waals surface area contributed by atoms with Crippen LogP contribution in [0, 0.1) is 6.92 Å². The van der Waals surface area contributed by atoms with Gasteiger partial charge < -0.3 is 19.5 Å². The quantitative estimate of drug-likeness (QED) is 0.284. The predicted molar refractivity (Wildman–Crippen MR) is 146 cm³/mol. The first-order valence-electron chi connectivity index (χ1n) is 12.6. The van der Waals surface area contributed by atoms with E-state index in [1.54, 1.807) is 30.5 Å². The van der Waals surface area contributed by atoms with E-state index in [9.17, 15) is 15.0 Å². The Morgan fingerprint density at radius 3 is 2.67 bits per heavy atom. The topological polar surface area (TPSA) is 110 Å². The number of carbonyl (C=O) groups is 1. The molecule has 2 aromatic carbocycles. The standard InChI is InChI=1S/C29H25Cl2N3O5/c1-16-3-2-4-22(30)25(16)26-20(27(39-33-26)17-5-6-17)13-38-19-7-8-21(23(31)12-19)29(37)14-34(15-29)24-11-18(28(35)36)9-10-32-24/h2-4,7-12,17,37H,5-6,13-15H2,1H3,(H,35,36)/p+1. The zero-order valence-electron chi connectivity index (χ0n) is 21.1. The zero-order valence-corrected chi connectivity index (χ0v) is 22.6. The van der Waals surface area contributed by atoms with Gasteiger partial charge in [0.25, 0.3) is 5.82 Å². The summed E-state index contributed by atoms with van der Waals surface area (Å²) < 4.78 is 11.9. The largest absolute Gasteiger partial charge is 0.489 e. The highest BCUT2D eigenvalue weighted by Gasteiger charge is 2.50. The molecular formula is C29H26Cl2N3O5+. The average molecular weight is 567 g/mol. The molecule has 0 spiro atoms. The summed E-state index contributed by atoms with van der Waals surface area (Å²) in [6.07, 6.45) is 3.67. The van der Waals surface area contributed by atoms with Crippen LogP contribution in [0.1, 0.15) is 51.6 Å². The van der Waals surface area contributed by atoms with Gasteiger partial charge in [-0.25, -0.2) is 9.78 Å². The van der Waals surface area contributed by atoms with Crippen molar-refractivity contribution in [2.24, 2.45) is 0 Å². The molecule has 2 aliphatic rings. The summed E-state index contributed by atoms with van der Waals surface area (Å²) in [5.41, 5.74) is 2.98. The van der Waals surface area contributed by atoms with Gasteiger partial charge in [-0.2, -0.15) is 0 Å². The highest BCUT2D eigenvalue weighted by atomic mass is 35.5. The molecule has 3 heterocycles. The molecule has 2 aromatic heterocycles. The Labute approximate surface area is 234 Å². The van der Waals surface area contributed by atoms with E-state index in [2.05, 4.69) is 10.1 Å². The number of β-amino-alcohol motifs (C(OH)–C–C–N with tert-alkyl or cyclic N) is 1. The average Bonchev–Trinajstić information content (AvgIpc) is 3.66. The van der Waals surface area contributed by atoms with Gasteiger partial charge in [-0.05, 0) is 49.6 Å². The number of carboxylic acid groups (broad SMARTS) is 1. The van der Waals surface area contributed by atoms with Gasteiger partial charge in [-0.15, -0.1) is 0 Å². The number of nitrogens with zero attached hydrogens (tertiary/aromatic N) is 2. The third kappa shape index (κ3) is 4.84. The summed E-state index contributed by atoms with van der Waals surface area (Å²) in [5, 5.41) is 25.8. The number of benzene rings is 2. The van der Waals surface area contributed by atoms with Gasteiger partial charge in [-0.1, -0.05) is 46.6 Å². The van der Waals surface area contributed by atoms with Crippen LogP contribution in [0.15, 0.2) is 59.3 Å². The van der Waals surface area contributed by atoms with E-state index in [0.717, 1.165) is 35.3 Å². The SMILES string of the molecule is Cc1cccc(Cl)c1-c1noc(C2CC2)c1COc1ccc(C2(O)CN(c3cc(C(=O)O)cc[nH+]3)C2)c(Cl)c1. The molecule has 0 bridgehead atoms. The molecule has 6 rings (SSSR count). The summed E-state index contributed by atoms with van der Waals surface area (Å²) in [4.78, 5) is 16.2. The summed E-state index contributed by atoms with van der Waals surface area (Å²) in [6.45, 7) is 2.75. The predicted octanol–water partition coefficient (Wildman–Crippen LogP) is 5.63. The molecule has 3 N–H and O–H groups in total. The lowest BCUT2D eigenvalue weighted by Crippen LogP contribution is -2.61. The number of nitrogens with one attached hydrogen (secondary N) is 1. The zero-order chi connectivity index (χ0) is 27.3. The van der Waals surface area contributed by atoms with Crippen LogP contribution in [0.3, 0.4) is 0 Å². The van der Waals surface area contributed by atoms with E-state index in [-0.39, 0.29) is 25.3 Å². The first-order valence-corrected chi connectivity index (χ1v) is 13.4. The summed E-state index contributed by atoms with van der Waals surface area (Å²) in [6, 6.07) is 14.0. The van der Waals surface area contributed by atoms with Crippen LogP contribution in [0.4, 0.5) is 5.82 Å². The highest BCUT2D eigenvalue weighted by molar-refractivity contribution is 6.33. The maximum absolute atomic E-state index is 11.3. The van der Waals surface area contributed by atoms with Crippen LogP contribution in [-0.2, 0) is 12.2 Å². The minimum Gasteiger partial charge on any atom is -0.489 e. The Morgan fingerprint density at radius 1 is 1.18 bits per heavy atom. The number of hydrogen-bond donors (Lipinski definition) is 2. The first-order chi connectivity index (χ1) is 18.7. The molecule has 0 atom stereocenters. The fourth-order valence-corrected chi connectivity index (χ4v) is 5.73. The van der Waals surface area contributed by atoms with Gasteiger partial charge in [0.15, 0.2) is 5.60 Å². The van der Waals surface area contributed by atoms with E-state index in [1.807, 2.05) is 30.0 Å². The molecule has 200 valence electrons. The van der Waals surface area contributed by atoms with Crippen LogP contribution in [0.2, 0.25) is 10.0 Å². The van der Waals surface area contributed by atoms with Gasteiger partial charge in [0.2, 0.25) is 0 Å². The van der Waals surface area contributed by atoms with Crippen molar-refractivity contribution in [2.45, 2.75) is 37.9 Å². The Balaban J connectivity index is 1.19. The number of hydrogen-bond acceptors (Lipinski definition) is 6. The van der Waals surface area contributed by atoms with Gasteiger partial charge in [0.1, 0.15) is 36.9 Å². The summed E-state index contributed by atoms with van der Waals surface area (Å²) in [7, 11) is 0. The van der Waals surface area contributed by atoms with E-state index >= 15 is 0 Å². The Bertz CT molecular complexity index is 1560. The second-order valence-electron chi connectivity index (χ2n) is 10.2. The van der Waals surface area contributed by atoms with E-state index < -0.39 is 11.6 Å². The van der Waals surface area contributed by atoms with E-state index in [0.29, 0.717) is 38.8 Å². The molecule has 1 saturated carbocycles. The Kier molecular flexibility index (Phi) is 6.49. The molecule has 10 heteroatoms. The lowest BCUT2D eigenvalue weighted by Gasteiger charge is -2.42. The van der Waals surface area contributed by atoms with Crippen molar-refractivity contribution >= 4 is 35.0 Å². The number of H-pyrrole nitrogens is 1. The second kappa shape index (κ2) is 9.86. The highest BCUT2D eigenvalue weighted by Crippen LogP contribution is 2.46. The number of aliphatic hydroxyl groups is 1. The maximum Gasteiger partial charge on any atom is 0.336 e. The molecule has 1 aliphatic carbocycles. The molecule has 1 saturated heterocycles. The molecule has 8 nitrogen and oxygen atoms in total. The molecular weight excluding hydrogens is 541 g/mol. The third-order valence-corrected chi connectivity index (χ3v) is 7.96. The van der Waals surface area contributed by atoms with Crippen molar-refractivity contribution < 1.29 is 29.3 Å². The van der Waals surface area contributed by atoms with Gasteiger partial charge in [0, 0.05) is 23.1 Å². The Hall–Kier alpha value is -3.59. The fraction of sp³-hybridized carbons (Fsp3) is 0.276. The van der Waals surface area contributed by atoms with Crippen LogP contribution in [0.5, 0.6) is 5.75 Å². The molecule has 39 heavy (non-hydrogen) atoms. The number of aromatic carboxylic acids is 1. The molecule has 0 unspecified atom stereocenters. The van der Waals surface area contributed by atoms with Gasteiger partial charge in [0.05, 0.1) is 27.4 Å². The number of aromatic amines is 1. The minimum absolute atomic E-state index is 0.171. The minimum atomic E-state index is -1.18. The summed E-state index contributed by atoms with van der Waals surface area (Å²) in [5.74, 6) is 1.32. The number of ether oxygens (including phenoxy) is 1. The van der Waals surface area contributed by atoms with Crippen molar-refractivity contribution in [1.82, 2.24) is 5.16 Å². The number of pyridine rings is 1.